The molecule has 3 aromatic heterocycles. The molecule has 0 saturated heterocycles. The maximum absolute atomic E-state index is 13.6. The second-order valence-corrected chi connectivity index (χ2v) is 9.56. The van der Waals surface area contributed by atoms with Gasteiger partial charge in [-0.05, 0) is 58.9 Å². The normalized spacial score (nSPS) is 20.1. The van der Waals surface area contributed by atoms with E-state index in [1.54, 1.807) is 31.3 Å². The summed E-state index contributed by atoms with van der Waals surface area (Å²) >= 11 is 0. The molecule has 0 spiro atoms. The molecule has 3 atom stereocenters. The molecular formula is C27H37FN6O3. The molecule has 10 heteroatoms. The number of hydrogen-bond donors (Lipinski definition) is 1. The van der Waals surface area contributed by atoms with Gasteiger partial charge in [0.05, 0.1) is 43.5 Å². The molecule has 4 bridgehead atoms. The van der Waals surface area contributed by atoms with E-state index < -0.39 is 6.17 Å². The van der Waals surface area contributed by atoms with Gasteiger partial charge in [-0.2, -0.15) is 0 Å². The highest BCUT2D eigenvalue weighted by molar-refractivity contribution is 5.75. The van der Waals surface area contributed by atoms with Gasteiger partial charge in [-0.1, -0.05) is 6.42 Å². The molecule has 0 radical (unpaired) electrons. The third-order valence-electron chi connectivity index (χ3n) is 6.90. The van der Waals surface area contributed by atoms with Crippen molar-refractivity contribution in [3.63, 3.8) is 0 Å². The Morgan fingerprint density at radius 3 is 2.89 bits per heavy atom. The van der Waals surface area contributed by atoms with Crippen molar-refractivity contribution >= 4 is 11.7 Å². The van der Waals surface area contributed by atoms with E-state index in [4.69, 9.17) is 14.5 Å². The molecule has 4 heterocycles. The molecule has 1 N–H and O–H groups in total. The molecule has 0 aromatic carbocycles. The van der Waals surface area contributed by atoms with E-state index in [2.05, 4.69) is 15.3 Å². The van der Waals surface area contributed by atoms with Crippen LogP contribution in [-0.4, -0.2) is 62.8 Å². The minimum absolute atomic E-state index is 0.0934. The largest absolute Gasteiger partial charge is 0.494 e. The first kappa shape index (κ1) is 26.6. The first-order chi connectivity index (χ1) is 17.9. The van der Waals surface area contributed by atoms with E-state index in [1.165, 1.54) is 0 Å². The monoisotopic (exact) mass is 512 g/mol. The van der Waals surface area contributed by atoms with Gasteiger partial charge in [-0.15, -0.1) is 0 Å². The van der Waals surface area contributed by atoms with E-state index in [-0.39, 0.29) is 18.1 Å². The van der Waals surface area contributed by atoms with Crippen molar-refractivity contribution in [3.8, 4) is 22.9 Å². The number of aromatic nitrogens is 4. The Labute approximate surface area is 217 Å². The van der Waals surface area contributed by atoms with Crippen LogP contribution in [0.25, 0.3) is 16.9 Å². The Hall–Kier alpha value is -3.43. The maximum Gasteiger partial charge on any atom is 0.318 e. The fraction of sp³-hybridized carbons (Fsp3) is 0.556. The highest BCUT2D eigenvalue weighted by Gasteiger charge is 2.25. The van der Waals surface area contributed by atoms with E-state index >= 15 is 0 Å². The smallest absolute Gasteiger partial charge is 0.318 e. The number of nitrogens with zero attached hydrogens (tertiary/aromatic N) is 5. The van der Waals surface area contributed by atoms with Crippen LogP contribution in [0.15, 0.2) is 30.9 Å². The van der Waals surface area contributed by atoms with Crippen LogP contribution >= 0.6 is 0 Å². The molecule has 200 valence electrons. The van der Waals surface area contributed by atoms with Crippen LogP contribution in [-0.2, 0) is 0 Å². The average Bonchev–Trinajstić information content (AvgIpc) is 3.37. The number of methoxy groups -OCH3 is 1. The van der Waals surface area contributed by atoms with E-state index in [0.29, 0.717) is 54.7 Å². The molecule has 9 nitrogen and oxygen atoms in total. The predicted octanol–water partition coefficient (Wildman–Crippen LogP) is 5.35. The lowest BCUT2D eigenvalue weighted by Crippen LogP contribution is -2.46. The molecule has 4 rings (SSSR count). The summed E-state index contributed by atoms with van der Waals surface area (Å²) in [4.78, 5) is 28.9. The number of imidazole rings is 1. The van der Waals surface area contributed by atoms with Crippen LogP contribution in [0, 0.1) is 0 Å². The number of nitrogens with one attached hydrogen (secondary N) is 1. The summed E-state index contributed by atoms with van der Waals surface area (Å²) < 4.78 is 27.2. The zero-order valence-electron chi connectivity index (χ0n) is 22.1. The SMILES string of the molecule is CCN1C(=O)NC(CCC(C)F)CCCCCOc2nc(cn3ccnc23)-c2cc(ncc2OC)[C@H]1C. The zero-order chi connectivity index (χ0) is 26.4. The number of fused-ring (bicyclic) bond motifs is 7. The number of pyridine rings is 1. The number of alkyl halides is 1. The van der Waals surface area contributed by atoms with Gasteiger partial charge >= 0.3 is 6.03 Å². The summed E-state index contributed by atoms with van der Waals surface area (Å²) in [5.74, 6) is 1.03. The van der Waals surface area contributed by atoms with Gasteiger partial charge in [0, 0.05) is 36.7 Å². The van der Waals surface area contributed by atoms with Crippen molar-refractivity contribution in [2.45, 2.75) is 77.6 Å². The Morgan fingerprint density at radius 2 is 2.14 bits per heavy atom. The second kappa shape index (κ2) is 12.2. The number of amides is 2. The molecule has 1 aliphatic rings. The number of carbonyl (C=O) groups is 1. The molecule has 1 aliphatic heterocycles. The third-order valence-corrected chi connectivity index (χ3v) is 6.90. The number of urea groups is 1. The van der Waals surface area contributed by atoms with Crippen LogP contribution in [0.4, 0.5) is 9.18 Å². The van der Waals surface area contributed by atoms with Crippen LogP contribution < -0.4 is 14.8 Å². The first-order valence-corrected chi connectivity index (χ1v) is 13.1. The topological polar surface area (TPSA) is 93.9 Å². The number of carbonyl (C=O) groups excluding carboxylic acids is 1. The highest BCUT2D eigenvalue weighted by Crippen LogP contribution is 2.33. The molecular weight excluding hydrogens is 475 g/mol. The van der Waals surface area contributed by atoms with Crippen molar-refractivity contribution in [2.75, 3.05) is 20.3 Å². The Kier molecular flexibility index (Phi) is 8.78. The summed E-state index contributed by atoms with van der Waals surface area (Å²) in [7, 11) is 1.59. The molecule has 3 aromatic rings. The van der Waals surface area contributed by atoms with Crippen LogP contribution in [0.2, 0.25) is 0 Å². The minimum Gasteiger partial charge on any atom is -0.494 e. The molecule has 2 amide bonds. The lowest BCUT2D eigenvalue weighted by atomic mass is 10.0. The fourth-order valence-electron chi connectivity index (χ4n) is 4.75. The second-order valence-electron chi connectivity index (χ2n) is 9.56. The standard InChI is InChI=1S/C27H37FN6O3/c1-5-34-19(3)22-15-21(24(36-4)16-30-22)23-17-33-13-12-29-25(33)26(32-23)37-14-8-6-7-9-20(31-27(34)35)11-10-18(2)28/h12-13,15-20H,5-11,14H2,1-4H3,(H,31,35)/t18?,19-,20?/m1/s1. The summed E-state index contributed by atoms with van der Waals surface area (Å²) in [5.41, 5.74) is 2.76. The average molecular weight is 513 g/mol. The predicted molar refractivity (Wildman–Crippen MR) is 140 cm³/mol. The number of rotatable bonds is 5. The summed E-state index contributed by atoms with van der Waals surface area (Å²) in [6, 6.07) is 1.34. The number of hydrogen-bond acceptors (Lipinski definition) is 6. The minimum atomic E-state index is -0.903. The van der Waals surface area contributed by atoms with Crippen LogP contribution in [0.3, 0.4) is 0 Å². The lowest BCUT2D eigenvalue weighted by Gasteiger charge is -2.30. The van der Waals surface area contributed by atoms with Gasteiger partial charge in [0.1, 0.15) is 5.75 Å². The number of ether oxygens (including phenoxy) is 2. The lowest BCUT2D eigenvalue weighted by molar-refractivity contribution is 0.174. The van der Waals surface area contributed by atoms with Crippen molar-refractivity contribution < 1.29 is 18.7 Å². The van der Waals surface area contributed by atoms with Gasteiger partial charge in [0.15, 0.2) is 0 Å². The zero-order valence-corrected chi connectivity index (χ0v) is 22.1. The molecule has 0 saturated carbocycles. The molecule has 0 aliphatic carbocycles. The van der Waals surface area contributed by atoms with Crippen molar-refractivity contribution in [1.82, 2.24) is 29.6 Å². The van der Waals surface area contributed by atoms with Gasteiger partial charge < -0.3 is 24.1 Å². The van der Waals surface area contributed by atoms with Gasteiger partial charge in [0.2, 0.25) is 5.65 Å². The first-order valence-electron chi connectivity index (χ1n) is 13.1. The third kappa shape index (κ3) is 6.29. The van der Waals surface area contributed by atoms with E-state index in [0.717, 1.165) is 31.2 Å². The van der Waals surface area contributed by atoms with Crippen LogP contribution in [0.1, 0.15) is 71.0 Å². The fourth-order valence-corrected chi connectivity index (χ4v) is 4.75. The van der Waals surface area contributed by atoms with Gasteiger partial charge in [0.25, 0.3) is 5.88 Å². The number of halogens is 1. The van der Waals surface area contributed by atoms with E-state index in [9.17, 15) is 9.18 Å². The van der Waals surface area contributed by atoms with Crippen molar-refractivity contribution in [3.05, 3.63) is 36.5 Å². The molecule has 2 unspecified atom stereocenters. The van der Waals surface area contributed by atoms with Gasteiger partial charge in [-0.25, -0.2) is 19.2 Å². The summed E-state index contributed by atoms with van der Waals surface area (Å²) in [5, 5.41) is 3.16. The highest BCUT2D eigenvalue weighted by atomic mass is 19.1. The van der Waals surface area contributed by atoms with Crippen molar-refractivity contribution in [1.29, 1.82) is 0 Å². The van der Waals surface area contributed by atoms with Crippen LogP contribution in [0.5, 0.6) is 11.6 Å². The van der Waals surface area contributed by atoms with E-state index in [1.807, 2.05) is 36.7 Å². The molecule has 37 heavy (non-hydrogen) atoms. The maximum atomic E-state index is 13.6. The Bertz CT molecular complexity index is 1200. The summed E-state index contributed by atoms with van der Waals surface area (Å²) in [6.07, 6.45) is 10.7. The Balaban J connectivity index is 1.73. The van der Waals surface area contributed by atoms with Gasteiger partial charge in [-0.3, -0.25) is 4.98 Å². The summed E-state index contributed by atoms with van der Waals surface area (Å²) in [6.45, 7) is 6.45. The van der Waals surface area contributed by atoms with Crippen molar-refractivity contribution in [2.24, 2.45) is 0 Å². The Morgan fingerprint density at radius 1 is 1.30 bits per heavy atom. The molecule has 0 fully saturated rings. The quantitative estimate of drug-likeness (QED) is 0.495.